The summed E-state index contributed by atoms with van der Waals surface area (Å²) in [6, 6.07) is 9.30. The first kappa shape index (κ1) is 19.8. The van der Waals surface area contributed by atoms with Crippen LogP contribution >= 0.6 is 11.6 Å². The number of amides is 1. The maximum atomic E-state index is 13.0. The van der Waals surface area contributed by atoms with E-state index in [0.717, 1.165) is 0 Å². The van der Waals surface area contributed by atoms with E-state index in [1.54, 1.807) is 29.2 Å². The number of carbonyl (C=O) groups is 3. The van der Waals surface area contributed by atoms with Gasteiger partial charge in [0, 0.05) is 35.3 Å². The smallest absolute Gasteiger partial charge is 0.253 e. The van der Waals surface area contributed by atoms with Gasteiger partial charge in [-0.05, 0) is 43.0 Å². The second kappa shape index (κ2) is 7.72. The zero-order chi connectivity index (χ0) is 20.7. The van der Waals surface area contributed by atoms with E-state index in [0.29, 0.717) is 31.5 Å². The molecular weight excluding hydrogens is 414 g/mol. The predicted molar refractivity (Wildman–Crippen MR) is 109 cm³/mol. The maximum Gasteiger partial charge on any atom is 0.253 e. The van der Waals surface area contributed by atoms with Gasteiger partial charge in [-0.2, -0.15) is 0 Å². The Kier molecular flexibility index (Phi) is 5.27. The van der Waals surface area contributed by atoms with Gasteiger partial charge in [0.15, 0.2) is 11.6 Å². The molecule has 0 spiro atoms. The first-order chi connectivity index (χ1) is 13.9. The Bertz CT molecular complexity index is 1110. The molecule has 1 fully saturated rings. The van der Waals surface area contributed by atoms with Gasteiger partial charge in [0.2, 0.25) is 0 Å². The summed E-state index contributed by atoms with van der Waals surface area (Å²) in [6.07, 6.45) is 1.25. The second-order valence-corrected chi connectivity index (χ2v) is 8.77. The molecule has 1 amide bonds. The third-order valence-electron chi connectivity index (χ3n) is 5.55. The van der Waals surface area contributed by atoms with Crippen molar-refractivity contribution in [3.05, 3.63) is 69.2 Å². The average Bonchev–Trinajstić information content (AvgIpc) is 2.71. The van der Waals surface area contributed by atoms with Crippen molar-refractivity contribution in [2.24, 2.45) is 5.92 Å². The lowest BCUT2D eigenvalue weighted by Gasteiger charge is -2.31. The molecule has 150 valence electrons. The maximum absolute atomic E-state index is 13.0. The molecule has 6 nitrogen and oxygen atoms in total. The number of thiol groups is 1. The number of hydrogen-bond acceptors (Lipinski definition) is 5. The van der Waals surface area contributed by atoms with Gasteiger partial charge in [0.25, 0.3) is 5.91 Å². The normalized spacial score (nSPS) is 16.7. The van der Waals surface area contributed by atoms with Gasteiger partial charge in [-0.1, -0.05) is 23.7 Å². The molecule has 1 heterocycles. The Morgan fingerprint density at radius 2 is 1.72 bits per heavy atom. The third kappa shape index (κ3) is 3.60. The fourth-order valence-electron chi connectivity index (χ4n) is 4.00. The average molecular weight is 432 g/mol. The fraction of sp³-hybridized carbons (Fsp3) is 0.286. The molecular formula is C21H18ClNO5S. The van der Waals surface area contributed by atoms with Crippen LogP contribution in [0.2, 0.25) is 5.02 Å². The molecule has 2 aromatic carbocycles. The van der Waals surface area contributed by atoms with Crippen molar-refractivity contribution in [1.82, 2.24) is 4.90 Å². The highest BCUT2D eigenvalue weighted by atomic mass is 35.5. The number of hydrogen-bond donors (Lipinski definition) is 1. The molecule has 4 rings (SSSR count). The van der Waals surface area contributed by atoms with E-state index < -0.39 is 10.7 Å². The van der Waals surface area contributed by atoms with Crippen LogP contribution in [0.4, 0.5) is 0 Å². The zero-order valence-corrected chi connectivity index (χ0v) is 17.0. The molecule has 2 aromatic rings. The van der Waals surface area contributed by atoms with Crippen molar-refractivity contribution in [2.75, 3.05) is 18.8 Å². The molecule has 0 unspecified atom stereocenters. The lowest BCUT2D eigenvalue weighted by Crippen LogP contribution is -2.39. The largest absolute Gasteiger partial charge is 0.339 e. The minimum Gasteiger partial charge on any atom is -0.339 e. The minimum atomic E-state index is -2.42. The molecule has 0 saturated carbocycles. The first-order valence-electron chi connectivity index (χ1n) is 9.30. The zero-order valence-electron chi connectivity index (χ0n) is 15.4. The van der Waals surface area contributed by atoms with E-state index in [1.807, 2.05) is 0 Å². The van der Waals surface area contributed by atoms with Crippen molar-refractivity contribution in [3.63, 3.8) is 0 Å². The molecule has 0 atom stereocenters. The fourth-order valence-corrected chi connectivity index (χ4v) is 5.05. The Morgan fingerprint density at radius 1 is 1.00 bits per heavy atom. The molecule has 0 radical (unpaired) electrons. The standard InChI is InChI=1S/C21H18ClNO5S/c22-17-3-1-2-15-18(17)20(25)16-10-13(4-5-14(16)19(15)24)21(26)23-8-6-12(7-9-23)11-29(27)28/h1-5,10,12,29H,6-9,11H2. The van der Waals surface area contributed by atoms with E-state index in [2.05, 4.69) is 0 Å². The summed E-state index contributed by atoms with van der Waals surface area (Å²) in [5.74, 6) is -0.673. The lowest BCUT2D eigenvalue weighted by atomic mass is 9.83. The van der Waals surface area contributed by atoms with Gasteiger partial charge >= 0.3 is 0 Å². The number of ketones is 2. The van der Waals surface area contributed by atoms with Crippen LogP contribution in [0.5, 0.6) is 0 Å². The summed E-state index contributed by atoms with van der Waals surface area (Å²) in [6.45, 7) is 0.927. The number of fused-ring (bicyclic) bond motifs is 2. The Balaban J connectivity index is 1.60. The second-order valence-electron chi connectivity index (χ2n) is 7.33. The van der Waals surface area contributed by atoms with Crippen LogP contribution in [0.15, 0.2) is 36.4 Å². The van der Waals surface area contributed by atoms with Crippen LogP contribution in [-0.2, 0) is 10.7 Å². The van der Waals surface area contributed by atoms with Crippen LogP contribution in [0.25, 0.3) is 0 Å². The van der Waals surface area contributed by atoms with Crippen LogP contribution in [0.3, 0.4) is 0 Å². The van der Waals surface area contributed by atoms with Crippen molar-refractivity contribution < 1.29 is 22.8 Å². The number of piperidine rings is 1. The SMILES string of the molecule is O=C1c2ccc(C(=O)N3CCC(C[SH](=O)=O)CC3)cc2C(=O)c2c(Cl)cccc21. The topological polar surface area (TPSA) is 88.6 Å². The quantitative estimate of drug-likeness (QED) is 0.644. The highest BCUT2D eigenvalue weighted by molar-refractivity contribution is 7.72. The third-order valence-corrected chi connectivity index (χ3v) is 6.68. The molecule has 1 aliphatic heterocycles. The Hall–Kier alpha value is -2.51. The summed E-state index contributed by atoms with van der Waals surface area (Å²) in [4.78, 5) is 40.3. The minimum absolute atomic E-state index is 0.0709. The van der Waals surface area contributed by atoms with E-state index in [1.165, 1.54) is 12.1 Å². The molecule has 29 heavy (non-hydrogen) atoms. The summed E-state index contributed by atoms with van der Waals surface area (Å²) in [7, 11) is -2.42. The van der Waals surface area contributed by atoms with E-state index in [9.17, 15) is 22.8 Å². The molecule has 2 aliphatic rings. The molecule has 0 N–H and O–H groups in total. The Morgan fingerprint density at radius 3 is 2.41 bits per heavy atom. The summed E-state index contributed by atoms with van der Waals surface area (Å²) in [5, 5.41) is 0.210. The number of rotatable bonds is 3. The van der Waals surface area contributed by atoms with Crippen molar-refractivity contribution in [2.45, 2.75) is 12.8 Å². The highest BCUT2D eigenvalue weighted by Crippen LogP contribution is 2.32. The van der Waals surface area contributed by atoms with E-state index >= 15 is 0 Å². The monoisotopic (exact) mass is 431 g/mol. The van der Waals surface area contributed by atoms with Crippen LogP contribution in [0, 0.1) is 5.92 Å². The van der Waals surface area contributed by atoms with Crippen molar-refractivity contribution in [3.8, 4) is 0 Å². The van der Waals surface area contributed by atoms with E-state index in [-0.39, 0.29) is 56.4 Å². The number of nitrogens with zero attached hydrogens (tertiary/aromatic N) is 1. The van der Waals surface area contributed by atoms with Crippen LogP contribution < -0.4 is 0 Å². The first-order valence-corrected chi connectivity index (χ1v) is 11.0. The predicted octanol–water partition coefficient (Wildman–Crippen LogP) is 2.58. The van der Waals surface area contributed by atoms with Crippen molar-refractivity contribution in [1.29, 1.82) is 0 Å². The summed E-state index contributed by atoms with van der Waals surface area (Å²) >= 11 is 6.15. The summed E-state index contributed by atoms with van der Waals surface area (Å²) < 4.78 is 21.8. The molecule has 0 bridgehead atoms. The van der Waals surface area contributed by atoms with Gasteiger partial charge < -0.3 is 4.90 Å². The number of carbonyl (C=O) groups excluding carboxylic acids is 3. The van der Waals surface area contributed by atoms with Gasteiger partial charge in [0.1, 0.15) is 10.7 Å². The lowest BCUT2D eigenvalue weighted by molar-refractivity contribution is 0.0698. The highest BCUT2D eigenvalue weighted by Gasteiger charge is 2.32. The van der Waals surface area contributed by atoms with Gasteiger partial charge in [-0.25, -0.2) is 8.42 Å². The number of benzene rings is 2. The summed E-state index contributed by atoms with van der Waals surface area (Å²) in [5.41, 5.74) is 1.21. The molecule has 1 saturated heterocycles. The molecule has 1 aliphatic carbocycles. The van der Waals surface area contributed by atoms with Crippen molar-refractivity contribution >= 4 is 39.8 Å². The molecule has 8 heteroatoms. The number of likely N-dealkylation sites (tertiary alicyclic amines) is 1. The van der Waals surface area contributed by atoms with Gasteiger partial charge in [0.05, 0.1) is 16.3 Å². The van der Waals surface area contributed by atoms with Crippen LogP contribution in [-0.4, -0.2) is 49.6 Å². The number of halogens is 1. The van der Waals surface area contributed by atoms with Gasteiger partial charge in [-0.15, -0.1) is 0 Å². The van der Waals surface area contributed by atoms with Gasteiger partial charge in [-0.3, -0.25) is 14.4 Å². The Labute approximate surface area is 174 Å². The van der Waals surface area contributed by atoms with E-state index in [4.69, 9.17) is 11.6 Å². The molecule has 0 aromatic heterocycles. The van der Waals surface area contributed by atoms with Crippen LogP contribution in [0.1, 0.15) is 55.0 Å².